The molecule has 1 fully saturated rings. The number of hydrogen-bond acceptors (Lipinski definition) is 5. The van der Waals surface area contributed by atoms with E-state index in [9.17, 15) is 0 Å². The molecule has 0 atom stereocenters. The van der Waals surface area contributed by atoms with Gasteiger partial charge >= 0.3 is 0 Å². The molecular formula is C19H35N5. The molecule has 24 heavy (non-hydrogen) atoms. The van der Waals surface area contributed by atoms with Crippen LogP contribution in [0.3, 0.4) is 0 Å². The van der Waals surface area contributed by atoms with Gasteiger partial charge in [-0.25, -0.2) is 4.98 Å². The summed E-state index contributed by atoms with van der Waals surface area (Å²) in [5, 5.41) is 3.38. The second-order valence-corrected chi connectivity index (χ2v) is 6.93. The van der Waals surface area contributed by atoms with Crippen molar-refractivity contribution >= 4 is 11.8 Å². The molecular weight excluding hydrogens is 298 g/mol. The summed E-state index contributed by atoms with van der Waals surface area (Å²) < 4.78 is 0. The quantitative estimate of drug-likeness (QED) is 0.660. The van der Waals surface area contributed by atoms with Gasteiger partial charge in [0.2, 0.25) is 5.95 Å². The second-order valence-electron chi connectivity index (χ2n) is 6.93. The molecule has 0 unspecified atom stereocenters. The maximum Gasteiger partial charge on any atom is 0.224 e. The van der Waals surface area contributed by atoms with Crippen LogP contribution >= 0.6 is 0 Å². The Morgan fingerprint density at radius 1 is 1.08 bits per heavy atom. The normalized spacial score (nSPS) is 15.5. The molecule has 2 heterocycles. The molecule has 0 bridgehead atoms. The van der Waals surface area contributed by atoms with E-state index in [1.165, 1.54) is 57.9 Å². The van der Waals surface area contributed by atoms with Crippen LogP contribution in [-0.4, -0.2) is 54.6 Å². The number of unbranched alkanes of at least 4 members (excludes halogenated alkanes) is 3. The van der Waals surface area contributed by atoms with Crippen molar-refractivity contribution < 1.29 is 0 Å². The second kappa shape index (κ2) is 11.2. The van der Waals surface area contributed by atoms with Crippen molar-refractivity contribution in [3.63, 3.8) is 0 Å². The van der Waals surface area contributed by atoms with Gasteiger partial charge in [-0.15, -0.1) is 0 Å². The van der Waals surface area contributed by atoms with Crippen LogP contribution in [0.1, 0.15) is 58.3 Å². The first-order valence-electron chi connectivity index (χ1n) is 9.80. The van der Waals surface area contributed by atoms with Gasteiger partial charge in [0.25, 0.3) is 0 Å². The fourth-order valence-corrected chi connectivity index (χ4v) is 3.19. The van der Waals surface area contributed by atoms with E-state index >= 15 is 0 Å². The predicted molar refractivity (Wildman–Crippen MR) is 103 cm³/mol. The molecule has 1 saturated heterocycles. The van der Waals surface area contributed by atoms with E-state index < -0.39 is 0 Å². The van der Waals surface area contributed by atoms with Gasteiger partial charge in [0.15, 0.2) is 0 Å². The lowest BCUT2D eigenvalue weighted by atomic mass is 10.2. The van der Waals surface area contributed by atoms with E-state index in [4.69, 9.17) is 4.98 Å². The van der Waals surface area contributed by atoms with Gasteiger partial charge in [-0.1, -0.05) is 39.0 Å². The summed E-state index contributed by atoms with van der Waals surface area (Å²) in [5.41, 5.74) is 0. The highest BCUT2D eigenvalue weighted by Gasteiger charge is 2.11. The molecule has 0 aliphatic carbocycles. The van der Waals surface area contributed by atoms with Gasteiger partial charge in [0.05, 0.1) is 0 Å². The summed E-state index contributed by atoms with van der Waals surface area (Å²) in [6.45, 7) is 7.61. The summed E-state index contributed by atoms with van der Waals surface area (Å²) in [4.78, 5) is 13.9. The average Bonchev–Trinajstić information content (AvgIpc) is 2.88. The van der Waals surface area contributed by atoms with E-state index in [2.05, 4.69) is 34.1 Å². The highest BCUT2D eigenvalue weighted by Crippen LogP contribution is 2.17. The molecule has 136 valence electrons. The zero-order valence-electron chi connectivity index (χ0n) is 15.6. The maximum absolute atomic E-state index is 4.71. The molecule has 0 amide bonds. The van der Waals surface area contributed by atoms with Gasteiger partial charge in [-0.2, -0.15) is 4.98 Å². The number of nitrogens with one attached hydrogen (secondary N) is 1. The van der Waals surface area contributed by atoms with Crippen molar-refractivity contribution in [1.82, 2.24) is 14.9 Å². The Hall–Kier alpha value is -1.36. The fourth-order valence-electron chi connectivity index (χ4n) is 3.19. The molecule has 1 aromatic heterocycles. The summed E-state index contributed by atoms with van der Waals surface area (Å²) in [6, 6.07) is 2.04. The minimum absolute atomic E-state index is 0.760. The Kier molecular flexibility index (Phi) is 8.88. The lowest BCUT2D eigenvalue weighted by Gasteiger charge is -2.22. The van der Waals surface area contributed by atoms with Crippen molar-refractivity contribution in [3.8, 4) is 0 Å². The molecule has 0 aromatic carbocycles. The highest BCUT2D eigenvalue weighted by atomic mass is 15.2. The molecule has 1 aromatic rings. The predicted octanol–water partition coefficient (Wildman–Crippen LogP) is 3.78. The van der Waals surface area contributed by atoms with Gasteiger partial charge in [0.1, 0.15) is 5.82 Å². The summed E-state index contributed by atoms with van der Waals surface area (Å²) >= 11 is 0. The smallest absolute Gasteiger partial charge is 0.224 e. The molecule has 0 spiro atoms. The van der Waals surface area contributed by atoms with E-state index in [0.29, 0.717) is 0 Å². The van der Waals surface area contributed by atoms with E-state index in [0.717, 1.165) is 37.9 Å². The third kappa shape index (κ3) is 7.04. The molecule has 1 N–H and O–H groups in total. The van der Waals surface area contributed by atoms with Crippen LogP contribution in [0.5, 0.6) is 0 Å². The SMILES string of the molecule is CCCCCCN(C)CCNc1nccc(N2CCCCCC2)n1. The molecule has 2 rings (SSSR count). The van der Waals surface area contributed by atoms with E-state index in [-0.39, 0.29) is 0 Å². The van der Waals surface area contributed by atoms with Crippen LogP contribution in [0, 0.1) is 0 Å². The van der Waals surface area contributed by atoms with Gasteiger partial charge < -0.3 is 15.1 Å². The first-order valence-corrected chi connectivity index (χ1v) is 9.80. The first kappa shape index (κ1) is 19.0. The van der Waals surface area contributed by atoms with Gasteiger partial charge in [-0.3, -0.25) is 0 Å². The first-order chi connectivity index (χ1) is 11.8. The Morgan fingerprint density at radius 2 is 1.88 bits per heavy atom. The largest absolute Gasteiger partial charge is 0.356 e. The number of nitrogens with zero attached hydrogens (tertiary/aromatic N) is 4. The standard InChI is InChI=1S/C19H35N5/c1-3-4-5-8-14-23(2)17-13-21-19-20-12-11-18(22-19)24-15-9-6-7-10-16-24/h11-12H,3-10,13-17H2,1-2H3,(H,20,21,22). The van der Waals surface area contributed by atoms with Crippen LogP contribution in [0.15, 0.2) is 12.3 Å². The molecule has 0 radical (unpaired) electrons. The Morgan fingerprint density at radius 3 is 2.62 bits per heavy atom. The summed E-state index contributed by atoms with van der Waals surface area (Å²) in [7, 11) is 2.20. The Bertz CT molecular complexity index is 443. The zero-order valence-corrected chi connectivity index (χ0v) is 15.6. The number of anilines is 2. The molecule has 0 saturated carbocycles. The minimum Gasteiger partial charge on any atom is -0.356 e. The monoisotopic (exact) mass is 333 g/mol. The topological polar surface area (TPSA) is 44.3 Å². The Labute approximate surface area is 147 Å². The van der Waals surface area contributed by atoms with Crippen molar-refractivity contribution in [1.29, 1.82) is 0 Å². The third-order valence-electron chi connectivity index (χ3n) is 4.74. The van der Waals surface area contributed by atoms with Gasteiger partial charge in [-0.05, 0) is 38.9 Å². The summed E-state index contributed by atoms with van der Waals surface area (Å²) in [5.74, 6) is 1.83. The number of hydrogen-bond donors (Lipinski definition) is 1. The third-order valence-corrected chi connectivity index (χ3v) is 4.74. The van der Waals surface area contributed by atoms with Crippen LogP contribution in [0.2, 0.25) is 0 Å². The van der Waals surface area contributed by atoms with Crippen LogP contribution < -0.4 is 10.2 Å². The molecule has 5 heteroatoms. The lowest BCUT2D eigenvalue weighted by Crippen LogP contribution is -2.27. The lowest BCUT2D eigenvalue weighted by molar-refractivity contribution is 0.336. The van der Waals surface area contributed by atoms with Crippen molar-refractivity contribution in [2.45, 2.75) is 58.3 Å². The number of aromatic nitrogens is 2. The number of likely N-dealkylation sites (N-methyl/N-ethyl adjacent to an activating group) is 1. The van der Waals surface area contributed by atoms with Crippen molar-refractivity contribution in [2.75, 3.05) is 50.0 Å². The molecule has 5 nitrogen and oxygen atoms in total. The van der Waals surface area contributed by atoms with Crippen molar-refractivity contribution in [2.24, 2.45) is 0 Å². The minimum atomic E-state index is 0.760. The van der Waals surface area contributed by atoms with Crippen LogP contribution in [0.4, 0.5) is 11.8 Å². The van der Waals surface area contributed by atoms with Gasteiger partial charge in [0, 0.05) is 32.4 Å². The highest BCUT2D eigenvalue weighted by molar-refractivity contribution is 5.42. The maximum atomic E-state index is 4.71. The van der Waals surface area contributed by atoms with E-state index in [1.807, 2.05) is 12.3 Å². The van der Waals surface area contributed by atoms with Crippen LogP contribution in [0.25, 0.3) is 0 Å². The average molecular weight is 334 g/mol. The molecule has 1 aliphatic heterocycles. The fraction of sp³-hybridized carbons (Fsp3) is 0.789. The van der Waals surface area contributed by atoms with Crippen molar-refractivity contribution in [3.05, 3.63) is 12.3 Å². The van der Waals surface area contributed by atoms with Crippen LogP contribution in [-0.2, 0) is 0 Å². The van der Waals surface area contributed by atoms with E-state index in [1.54, 1.807) is 0 Å². The number of rotatable bonds is 10. The Balaban J connectivity index is 1.71. The summed E-state index contributed by atoms with van der Waals surface area (Å²) in [6.07, 6.45) is 12.4. The molecule has 1 aliphatic rings. The zero-order chi connectivity index (χ0) is 17.0.